The number of aryl methyl sites for hydroxylation is 1. The highest BCUT2D eigenvalue weighted by atomic mass is 32.1. The van der Waals surface area contributed by atoms with E-state index in [-0.39, 0.29) is 12.3 Å². The van der Waals surface area contributed by atoms with Gasteiger partial charge in [-0.05, 0) is 31.5 Å². The number of aromatic nitrogens is 1. The van der Waals surface area contributed by atoms with Crippen LogP contribution in [0.15, 0.2) is 12.1 Å². The highest BCUT2D eigenvalue weighted by molar-refractivity contribution is 7.18. The molecule has 0 saturated heterocycles. The Morgan fingerprint density at radius 2 is 2.29 bits per heavy atom. The van der Waals surface area contributed by atoms with Gasteiger partial charge in [-0.1, -0.05) is 0 Å². The lowest BCUT2D eigenvalue weighted by Gasteiger charge is -2.04. The number of fused-ring (bicyclic) bond motifs is 1. The first-order valence-electron chi connectivity index (χ1n) is 5.33. The van der Waals surface area contributed by atoms with Crippen LogP contribution in [0.4, 0.5) is 0 Å². The van der Waals surface area contributed by atoms with Gasteiger partial charge in [0.2, 0.25) is 0 Å². The predicted octanol–water partition coefficient (Wildman–Crippen LogP) is 2.27. The fourth-order valence-corrected chi connectivity index (χ4v) is 2.57. The molecule has 5 heteroatoms. The highest BCUT2D eigenvalue weighted by Gasteiger charge is 2.14. The Balaban J connectivity index is 2.55. The fraction of sp³-hybridized carbons (Fsp3) is 0.333. The number of aliphatic hydroxyl groups excluding tert-OH is 1. The van der Waals surface area contributed by atoms with Crippen molar-refractivity contribution in [2.24, 2.45) is 0 Å². The maximum absolute atomic E-state index is 11.6. The molecule has 0 saturated carbocycles. The monoisotopic (exact) mass is 251 g/mol. The molecule has 0 radical (unpaired) electrons. The molecule has 0 bridgehead atoms. The molecule has 2 heterocycles. The zero-order valence-corrected chi connectivity index (χ0v) is 10.5. The number of hydrogen-bond donors (Lipinski definition) is 1. The van der Waals surface area contributed by atoms with Crippen LogP contribution in [0.1, 0.15) is 27.9 Å². The lowest BCUT2D eigenvalue weighted by molar-refractivity contribution is 0.0520. The molecule has 1 N–H and O–H groups in total. The minimum absolute atomic E-state index is 0.110. The average Bonchev–Trinajstić information content (AvgIpc) is 2.68. The van der Waals surface area contributed by atoms with Crippen LogP contribution in [0.3, 0.4) is 0 Å². The van der Waals surface area contributed by atoms with E-state index < -0.39 is 5.97 Å². The summed E-state index contributed by atoms with van der Waals surface area (Å²) in [5, 5.41) is 10.2. The summed E-state index contributed by atoms with van der Waals surface area (Å²) in [4.78, 5) is 17.7. The second-order valence-electron chi connectivity index (χ2n) is 3.62. The Bertz CT molecular complexity index is 562. The molecule has 0 atom stereocenters. The Morgan fingerprint density at radius 1 is 1.53 bits per heavy atom. The van der Waals surface area contributed by atoms with Gasteiger partial charge in [0, 0.05) is 10.3 Å². The van der Waals surface area contributed by atoms with E-state index in [1.54, 1.807) is 13.0 Å². The second kappa shape index (κ2) is 4.81. The van der Waals surface area contributed by atoms with Crippen LogP contribution in [0.2, 0.25) is 0 Å². The van der Waals surface area contributed by atoms with Gasteiger partial charge in [-0.15, -0.1) is 11.3 Å². The predicted molar refractivity (Wildman–Crippen MR) is 66.2 cm³/mol. The largest absolute Gasteiger partial charge is 0.461 e. The molecule has 0 aromatic carbocycles. The molecule has 0 amide bonds. The van der Waals surface area contributed by atoms with Crippen LogP contribution in [-0.2, 0) is 11.3 Å². The molecular weight excluding hydrogens is 238 g/mol. The van der Waals surface area contributed by atoms with E-state index >= 15 is 0 Å². The molecular formula is C12H13NO3S. The van der Waals surface area contributed by atoms with Crippen LogP contribution in [0.25, 0.3) is 10.2 Å². The summed E-state index contributed by atoms with van der Waals surface area (Å²) in [5.41, 5.74) is 0.965. The number of rotatable bonds is 3. The third kappa shape index (κ3) is 2.30. The second-order valence-corrected chi connectivity index (χ2v) is 4.86. The number of hydrogen-bond acceptors (Lipinski definition) is 5. The van der Waals surface area contributed by atoms with Crippen molar-refractivity contribution in [3.63, 3.8) is 0 Å². The molecule has 90 valence electrons. The summed E-state index contributed by atoms with van der Waals surface area (Å²) in [7, 11) is 0. The first-order valence-corrected chi connectivity index (χ1v) is 6.15. The Morgan fingerprint density at radius 3 is 2.94 bits per heavy atom. The van der Waals surface area contributed by atoms with Gasteiger partial charge in [-0.25, -0.2) is 9.78 Å². The Labute approximate surface area is 103 Å². The first kappa shape index (κ1) is 12.0. The van der Waals surface area contributed by atoms with Gasteiger partial charge in [0.1, 0.15) is 10.5 Å². The van der Waals surface area contributed by atoms with Crippen LogP contribution >= 0.6 is 11.3 Å². The van der Waals surface area contributed by atoms with Crippen molar-refractivity contribution in [2.75, 3.05) is 6.61 Å². The van der Waals surface area contributed by atoms with Gasteiger partial charge < -0.3 is 9.84 Å². The molecule has 2 rings (SSSR count). The summed E-state index contributed by atoms with van der Waals surface area (Å²) < 4.78 is 4.90. The van der Waals surface area contributed by atoms with Crippen molar-refractivity contribution < 1.29 is 14.6 Å². The minimum Gasteiger partial charge on any atom is -0.461 e. The van der Waals surface area contributed by atoms with E-state index in [0.717, 1.165) is 15.1 Å². The van der Waals surface area contributed by atoms with Crippen molar-refractivity contribution in [2.45, 2.75) is 20.5 Å². The SMILES string of the molecule is CCOC(=O)c1cc(CO)c2cc(C)sc2n1. The van der Waals surface area contributed by atoms with Crippen molar-refractivity contribution in [1.29, 1.82) is 0 Å². The van der Waals surface area contributed by atoms with Crippen molar-refractivity contribution in [1.82, 2.24) is 4.98 Å². The van der Waals surface area contributed by atoms with Gasteiger partial charge in [0.25, 0.3) is 0 Å². The molecule has 0 spiro atoms. The van der Waals surface area contributed by atoms with Gasteiger partial charge in [-0.3, -0.25) is 0 Å². The number of nitrogens with zero attached hydrogens (tertiary/aromatic N) is 1. The molecule has 0 aliphatic heterocycles. The van der Waals surface area contributed by atoms with Crippen LogP contribution in [-0.4, -0.2) is 22.7 Å². The standard InChI is InChI=1S/C12H13NO3S/c1-3-16-12(15)10-5-8(6-14)9-4-7(2)17-11(9)13-10/h4-5,14H,3,6H2,1-2H3. The number of aliphatic hydroxyl groups is 1. The number of thiophene rings is 1. The van der Waals surface area contributed by atoms with Crippen LogP contribution < -0.4 is 0 Å². The van der Waals surface area contributed by atoms with E-state index in [1.165, 1.54) is 11.3 Å². The third-order valence-electron chi connectivity index (χ3n) is 2.37. The van der Waals surface area contributed by atoms with Gasteiger partial charge in [0.05, 0.1) is 13.2 Å². The molecule has 0 aliphatic rings. The molecule has 2 aromatic heterocycles. The Kier molecular flexibility index (Phi) is 3.40. The first-order chi connectivity index (χ1) is 8.15. The average molecular weight is 251 g/mol. The smallest absolute Gasteiger partial charge is 0.356 e. The number of esters is 1. The van der Waals surface area contributed by atoms with E-state index in [0.29, 0.717) is 12.2 Å². The topological polar surface area (TPSA) is 59.4 Å². The molecule has 0 aliphatic carbocycles. The fourth-order valence-electron chi connectivity index (χ4n) is 1.64. The number of pyridine rings is 1. The van der Waals surface area contributed by atoms with Crippen LogP contribution in [0.5, 0.6) is 0 Å². The molecule has 2 aromatic rings. The zero-order valence-electron chi connectivity index (χ0n) is 9.69. The van der Waals surface area contributed by atoms with Gasteiger partial charge >= 0.3 is 5.97 Å². The van der Waals surface area contributed by atoms with E-state index in [2.05, 4.69) is 4.98 Å². The summed E-state index contributed by atoms with van der Waals surface area (Å²) in [6, 6.07) is 3.56. The minimum atomic E-state index is -0.449. The Hall–Kier alpha value is -1.46. The van der Waals surface area contributed by atoms with Crippen molar-refractivity contribution >= 4 is 27.5 Å². The zero-order chi connectivity index (χ0) is 12.4. The number of ether oxygens (including phenoxy) is 1. The van der Waals surface area contributed by atoms with Gasteiger partial charge in [0.15, 0.2) is 0 Å². The summed E-state index contributed by atoms with van der Waals surface area (Å²) in [5.74, 6) is -0.449. The van der Waals surface area contributed by atoms with Crippen molar-refractivity contribution in [3.8, 4) is 0 Å². The molecule has 17 heavy (non-hydrogen) atoms. The third-order valence-corrected chi connectivity index (χ3v) is 3.31. The maximum Gasteiger partial charge on any atom is 0.356 e. The maximum atomic E-state index is 11.6. The highest BCUT2D eigenvalue weighted by Crippen LogP contribution is 2.27. The summed E-state index contributed by atoms with van der Waals surface area (Å²) >= 11 is 1.50. The molecule has 0 fully saturated rings. The summed E-state index contributed by atoms with van der Waals surface area (Å²) in [6.07, 6.45) is 0. The lowest BCUT2D eigenvalue weighted by Crippen LogP contribution is -2.07. The molecule has 0 unspecified atom stereocenters. The number of carbonyl (C=O) groups is 1. The summed E-state index contributed by atoms with van der Waals surface area (Å²) in [6.45, 7) is 3.92. The van der Waals surface area contributed by atoms with Crippen LogP contribution in [0, 0.1) is 6.92 Å². The van der Waals surface area contributed by atoms with Gasteiger partial charge in [-0.2, -0.15) is 0 Å². The van der Waals surface area contributed by atoms with Crippen molar-refractivity contribution in [3.05, 3.63) is 28.3 Å². The van der Waals surface area contributed by atoms with E-state index in [9.17, 15) is 9.90 Å². The lowest BCUT2D eigenvalue weighted by atomic mass is 10.1. The molecule has 4 nitrogen and oxygen atoms in total. The van der Waals surface area contributed by atoms with E-state index in [1.807, 2.05) is 13.0 Å². The normalized spacial score (nSPS) is 10.8. The number of carbonyl (C=O) groups excluding carboxylic acids is 1. The quantitative estimate of drug-likeness (QED) is 0.850. The van der Waals surface area contributed by atoms with E-state index in [4.69, 9.17) is 4.74 Å².